The lowest BCUT2D eigenvalue weighted by Gasteiger charge is -2.23. The zero-order valence-electron chi connectivity index (χ0n) is 21.9. The molecule has 0 fully saturated rings. The molecule has 0 saturated heterocycles. The Kier molecular flexibility index (Phi) is 11.2. The van der Waals surface area contributed by atoms with Gasteiger partial charge in [-0.1, -0.05) is 36.4 Å². The smallest absolute Gasteiger partial charge is 0.305 e. The average Bonchev–Trinajstić information content (AvgIpc) is 2.92. The van der Waals surface area contributed by atoms with E-state index in [-0.39, 0.29) is 23.7 Å². The van der Waals surface area contributed by atoms with Gasteiger partial charge in [-0.2, -0.15) is 11.8 Å². The second-order valence-corrected chi connectivity index (χ2v) is 10.2. The molecule has 11 nitrogen and oxygen atoms in total. The maximum absolute atomic E-state index is 13.0. The Labute approximate surface area is 235 Å². The minimum atomic E-state index is -0.978. The lowest BCUT2D eigenvalue weighted by atomic mass is 10.1. The molecule has 3 aromatic rings. The van der Waals surface area contributed by atoms with Crippen LogP contribution in [0.3, 0.4) is 0 Å². The van der Waals surface area contributed by atoms with Crippen LogP contribution in [0.4, 0.5) is 11.4 Å². The number of amides is 1. The highest BCUT2D eigenvalue weighted by atomic mass is 32.2. The molecule has 0 aliphatic rings. The van der Waals surface area contributed by atoms with Gasteiger partial charge in [0.15, 0.2) is 0 Å². The third-order valence-corrected chi connectivity index (χ3v) is 6.77. The van der Waals surface area contributed by atoms with Crippen LogP contribution in [0.25, 0.3) is 0 Å². The molecule has 0 aromatic heterocycles. The summed E-state index contributed by atoms with van der Waals surface area (Å²) in [5.74, 6) is -0.613. The minimum absolute atomic E-state index is 0.0110. The van der Waals surface area contributed by atoms with E-state index in [1.165, 1.54) is 24.3 Å². The molecule has 1 amide bonds. The molecule has 0 aliphatic heterocycles. The van der Waals surface area contributed by atoms with Crippen molar-refractivity contribution in [2.24, 2.45) is 0 Å². The number of nitro benzene ring substituents is 2. The van der Waals surface area contributed by atoms with E-state index in [4.69, 9.17) is 0 Å². The molecule has 0 saturated carbocycles. The normalized spacial score (nSPS) is 11.7. The maximum Gasteiger partial charge on any atom is 0.305 e. The number of hydrogen-bond donors (Lipinski definition) is 2. The number of nitrogens with zero attached hydrogens (tertiary/aromatic N) is 3. The van der Waals surface area contributed by atoms with E-state index in [0.717, 1.165) is 22.4 Å². The van der Waals surface area contributed by atoms with Crippen molar-refractivity contribution in [1.82, 2.24) is 10.2 Å². The number of carboxylic acids is 1. The SMILES string of the molecule is CSCC[C@H](CC(=O)O)NC(=O)c1cccc(CN(Cc2ccc([N+](=O)[O-])cc2)Cc2ccc([N+](=O)[O-])cc2)c1. The molecule has 2 N–H and O–H groups in total. The number of non-ortho nitro benzene ring substituents is 2. The number of benzene rings is 3. The van der Waals surface area contributed by atoms with Crippen molar-refractivity contribution >= 4 is 35.0 Å². The number of nitrogens with one attached hydrogen (secondary N) is 1. The molecule has 0 heterocycles. The predicted molar refractivity (Wildman–Crippen MR) is 152 cm³/mol. The molecule has 3 rings (SSSR count). The van der Waals surface area contributed by atoms with Gasteiger partial charge >= 0.3 is 5.97 Å². The highest BCUT2D eigenvalue weighted by Gasteiger charge is 2.18. The molecule has 0 unspecified atom stereocenters. The van der Waals surface area contributed by atoms with E-state index in [0.29, 0.717) is 31.6 Å². The van der Waals surface area contributed by atoms with Crippen LogP contribution in [0.15, 0.2) is 72.8 Å². The molecule has 210 valence electrons. The van der Waals surface area contributed by atoms with E-state index in [1.807, 2.05) is 12.3 Å². The minimum Gasteiger partial charge on any atom is -0.481 e. The second kappa shape index (κ2) is 14.8. The Morgan fingerprint density at radius 1 is 0.875 bits per heavy atom. The van der Waals surface area contributed by atoms with Crippen molar-refractivity contribution in [3.63, 3.8) is 0 Å². The van der Waals surface area contributed by atoms with Crippen LogP contribution in [-0.4, -0.2) is 49.8 Å². The van der Waals surface area contributed by atoms with E-state index in [9.17, 15) is 34.9 Å². The van der Waals surface area contributed by atoms with Gasteiger partial charge in [0, 0.05) is 55.5 Å². The zero-order valence-corrected chi connectivity index (χ0v) is 22.7. The third-order valence-electron chi connectivity index (χ3n) is 6.13. The first-order valence-electron chi connectivity index (χ1n) is 12.4. The topological polar surface area (TPSA) is 156 Å². The van der Waals surface area contributed by atoms with Crippen LogP contribution >= 0.6 is 11.8 Å². The molecule has 40 heavy (non-hydrogen) atoms. The fraction of sp³-hybridized carbons (Fsp3) is 0.286. The van der Waals surface area contributed by atoms with E-state index >= 15 is 0 Å². The summed E-state index contributed by atoms with van der Waals surface area (Å²) in [6.45, 7) is 1.28. The number of carboxylic acid groups (broad SMARTS) is 1. The zero-order chi connectivity index (χ0) is 29.1. The van der Waals surface area contributed by atoms with Gasteiger partial charge in [0.25, 0.3) is 17.3 Å². The van der Waals surface area contributed by atoms with Gasteiger partial charge in [0.2, 0.25) is 0 Å². The van der Waals surface area contributed by atoms with Crippen molar-refractivity contribution in [3.05, 3.63) is 115 Å². The lowest BCUT2D eigenvalue weighted by Crippen LogP contribution is -2.37. The summed E-state index contributed by atoms with van der Waals surface area (Å²) < 4.78 is 0. The van der Waals surface area contributed by atoms with Crippen LogP contribution in [0.2, 0.25) is 0 Å². The fourth-order valence-corrected chi connectivity index (χ4v) is 4.68. The van der Waals surface area contributed by atoms with Gasteiger partial charge in [-0.25, -0.2) is 0 Å². The van der Waals surface area contributed by atoms with Gasteiger partial charge < -0.3 is 10.4 Å². The lowest BCUT2D eigenvalue weighted by molar-refractivity contribution is -0.385. The third kappa shape index (κ3) is 9.47. The first-order chi connectivity index (χ1) is 19.1. The highest BCUT2D eigenvalue weighted by molar-refractivity contribution is 7.98. The molecule has 0 aliphatic carbocycles. The van der Waals surface area contributed by atoms with Crippen molar-refractivity contribution < 1.29 is 24.5 Å². The highest BCUT2D eigenvalue weighted by Crippen LogP contribution is 2.20. The molecular weight excluding hydrogens is 536 g/mol. The first kappa shape index (κ1) is 30.3. The summed E-state index contributed by atoms with van der Waals surface area (Å²) in [7, 11) is 0. The fourth-order valence-electron chi connectivity index (χ4n) is 4.16. The standard InChI is InChI=1S/C28H30N4O7S/c1-40-14-13-24(16-27(33)34)29-28(35)23-4-2-3-22(15-23)19-30(17-20-5-9-25(10-6-20)31(36)37)18-21-7-11-26(12-8-21)32(38)39/h2-12,15,24H,13-14,16-19H2,1H3,(H,29,35)(H,33,34)/t24-/m1/s1. The van der Waals surface area contributed by atoms with Crippen molar-refractivity contribution in [1.29, 1.82) is 0 Å². The number of nitro groups is 2. The van der Waals surface area contributed by atoms with E-state index in [2.05, 4.69) is 10.2 Å². The number of carbonyl (C=O) groups excluding carboxylic acids is 1. The van der Waals surface area contributed by atoms with Gasteiger partial charge in [0.05, 0.1) is 16.3 Å². The van der Waals surface area contributed by atoms with Gasteiger partial charge in [-0.05, 0) is 47.3 Å². The van der Waals surface area contributed by atoms with Crippen LogP contribution < -0.4 is 5.32 Å². The number of thioether (sulfide) groups is 1. The van der Waals surface area contributed by atoms with Crippen molar-refractivity contribution in [3.8, 4) is 0 Å². The van der Waals surface area contributed by atoms with Crippen LogP contribution in [0, 0.1) is 20.2 Å². The van der Waals surface area contributed by atoms with Gasteiger partial charge in [-0.15, -0.1) is 0 Å². The molecule has 0 bridgehead atoms. The summed E-state index contributed by atoms with van der Waals surface area (Å²) in [5.41, 5.74) is 2.89. The summed E-state index contributed by atoms with van der Waals surface area (Å²) in [5, 5.41) is 34.1. The van der Waals surface area contributed by atoms with Crippen LogP contribution in [0.5, 0.6) is 0 Å². The summed E-state index contributed by atoms with van der Waals surface area (Å²) in [6, 6.07) is 19.1. The van der Waals surface area contributed by atoms with Crippen LogP contribution in [-0.2, 0) is 24.4 Å². The number of carbonyl (C=O) groups is 2. The largest absolute Gasteiger partial charge is 0.481 e. The molecule has 0 radical (unpaired) electrons. The van der Waals surface area contributed by atoms with Gasteiger partial charge in [-0.3, -0.25) is 34.7 Å². The maximum atomic E-state index is 13.0. The summed E-state index contributed by atoms with van der Waals surface area (Å²) >= 11 is 1.58. The predicted octanol–water partition coefficient (Wildman–Crippen LogP) is 5.03. The Morgan fingerprint density at radius 3 is 1.88 bits per heavy atom. The summed E-state index contributed by atoms with van der Waals surface area (Å²) in [4.78, 5) is 47.4. The molecule has 3 aromatic carbocycles. The van der Waals surface area contributed by atoms with E-state index in [1.54, 1.807) is 54.2 Å². The quantitative estimate of drug-likeness (QED) is 0.190. The molecule has 0 spiro atoms. The van der Waals surface area contributed by atoms with Crippen LogP contribution in [0.1, 0.15) is 39.9 Å². The Morgan fingerprint density at radius 2 is 1.40 bits per heavy atom. The molecule has 1 atom stereocenters. The van der Waals surface area contributed by atoms with Crippen molar-refractivity contribution in [2.45, 2.75) is 38.5 Å². The molecule has 12 heteroatoms. The monoisotopic (exact) mass is 566 g/mol. The number of rotatable bonds is 15. The second-order valence-electron chi connectivity index (χ2n) is 9.24. The Balaban J connectivity index is 1.79. The van der Waals surface area contributed by atoms with Gasteiger partial charge in [0.1, 0.15) is 0 Å². The van der Waals surface area contributed by atoms with E-state index < -0.39 is 21.9 Å². The Hall–Kier alpha value is -4.29. The number of hydrogen-bond acceptors (Lipinski definition) is 8. The Bertz CT molecular complexity index is 1270. The number of aliphatic carboxylic acids is 1. The first-order valence-corrected chi connectivity index (χ1v) is 13.8. The average molecular weight is 567 g/mol. The summed E-state index contributed by atoms with van der Waals surface area (Å²) in [6.07, 6.45) is 2.30. The van der Waals surface area contributed by atoms with Crippen molar-refractivity contribution in [2.75, 3.05) is 12.0 Å². The molecular formula is C28H30N4O7S.